The van der Waals surface area contributed by atoms with Crippen molar-refractivity contribution in [3.8, 4) is 5.75 Å². The Hall–Kier alpha value is -1.15. The molecular weight excluding hydrogens is 320 g/mol. The molecule has 0 saturated heterocycles. The van der Waals surface area contributed by atoms with E-state index in [0.717, 1.165) is 0 Å². The molecule has 0 unspecified atom stereocenters. The number of rotatable bonds is 4. The molecule has 0 aromatic carbocycles. The van der Waals surface area contributed by atoms with Crippen LogP contribution in [0.1, 0.15) is 28.0 Å². The predicted octanol–water partition coefficient (Wildman–Crippen LogP) is 4.04. The largest absolute Gasteiger partial charge is 0.573 e. The number of hydrogen-bond donors (Lipinski definition) is 0. The number of hydrogen-bond acceptors (Lipinski definition) is 3. The van der Waals surface area contributed by atoms with Crippen LogP contribution in [0.5, 0.6) is 5.75 Å². The summed E-state index contributed by atoms with van der Waals surface area (Å²) >= 11 is 10.3. The molecule has 0 amide bonds. The Morgan fingerprint density at radius 1 is 1.42 bits per heavy atom. The molecule has 0 N–H and O–H groups in total. The SMILES string of the molecule is O=C(Cl)c1cnc(CCl)c(C(F)F)c1OC(F)(F)F. The highest BCUT2D eigenvalue weighted by Gasteiger charge is 2.36. The Labute approximate surface area is 113 Å². The van der Waals surface area contributed by atoms with Gasteiger partial charge in [-0.2, -0.15) is 0 Å². The molecule has 0 atom stereocenters. The first kappa shape index (κ1) is 15.9. The van der Waals surface area contributed by atoms with Crippen LogP contribution >= 0.6 is 23.2 Å². The second-order valence-corrected chi connectivity index (χ2v) is 3.73. The maximum atomic E-state index is 12.8. The molecule has 10 heteroatoms. The van der Waals surface area contributed by atoms with E-state index < -0.39 is 46.5 Å². The number of ether oxygens (including phenoxy) is 1. The predicted molar refractivity (Wildman–Crippen MR) is 55.6 cm³/mol. The summed E-state index contributed by atoms with van der Waals surface area (Å²) in [5.74, 6) is -1.96. The summed E-state index contributed by atoms with van der Waals surface area (Å²) in [4.78, 5) is 14.3. The van der Waals surface area contributed by atoms with Gasteiger partial charge in [0, 0.05) is 6.20 Å². The van der Waals surface area contributed by atoms with Crippen LogP contribution in [-0.4, -0.2) is 16.6 Å². The van der Waals surface area contributed by atoms with Crippen molar-refractivity contribution in [3.63, 3.8) is 0 Å². The Balaban J connectivity index is 3.53. The van der Waals surface area contributed by atoms with Crippen molar-refractivity contribution >= 4 is 28.4 Å². The molecule has 0 aliphatic heterocycles. The molecule has 1 aromatic rings. The van der Waals surface area contributed by atoms with Gasteiger partial charge in [-0.25, -0.2) is 8.78 Å². The molecule has 1 aromatic heterocycles. The molecule has 1 rings (SSSR count). The smallest absolute Gasteiger partial charge is 0.404 e. The van der Waals surface area contributed by atoms with Gasteiger partial charge in [0.1, 0.15) is 0 Å². The summed E-state index contributed by atoms with van der Waals surface area (Å²) < 4.78 is 65.6. The zero-order valence-electron chi connectivity index (χ0n) is 8.77. The van der Waals surface area contributed by atoms with Gasteiger partial charge in [-0.05, 0) is 11.6 Å². The lowest BCUT2D eigenvalue weighted by atomic mass is 10.1. The van der Waals surface area contributed by atoms with Crippen molar-refractivity contribution in [2.24, 2.45) is 0 Å². The number of aromatic nitrogens is 1. The van der Waals surface area contributed by atoms with E-state index >= 15 is 0 Å². The third-order valence-electron chi connectivity index (χ3n) is 1.92. The Morgan fingerprint density at radius 2 is 2.00 bits per heavy atom. The summed E-state index contributed by atoms with van der Waals surface area (Å²) in [6, 6.07) is 0. The van der Waals surface area contributed by atoms with Crippen LogP contribution < -0.4 is 4.74 Å². The van der Waals surface area contributed by atoms with Gasteiger partial charge < -0.3 is 4.74 Å². The molecule has 0 aliphatic carbocycles. The van der Waals surface area contributed by atoms with E-state index in [1.165, 1.54) is 0 Å². The van der Waals surface area contributed by atoms with Crippen LogP contribution in [0.4, 0.5) is 22.0 Å². The van der Waals surface area contributed by atoms with Gasteiger partial charge in [0.05, 0.1) is 22.7 Å². The monoisotopic (exact) mass is 323 g/mol. The maximum absolute atomic E-state index is 12.8. The average molecular weight is 324 g/mol. The van der Waals surface area contributed by atoms with Crippen molar-refractivity contribution in [2.45, 2.75) is 18.7 Å². The number of nitrogens with zero attached hydrogens (tertiary/aromatic N) is 1. The summed E-state index contributed by atoms with van der Waals surface area (Å²) in [5, 5.41) is -1.41. The molecule has 0 bridgehead atoms. The Bertz CT molecular complexity index is 492. The highest BCUT2D eigenvalue weighted by atomic mass is 35.5. The normalized spacial score (nSPS) is 11.8. The highest BCUT2D eigenvalue weighted by Crippen LogP contribution is 2.38. The van der Waals surface area contributed by atoms with E-state index in [4.69, 9.17) is 23.2 Å². The van der Waals surface area contributed by atoms with E-state index in [-0.39, 0.29) is 0 Å². The molecule has 19 heavy (non-hydrogen) atoms. The minimum atomic E-state index is -5.27. The van der Waals surface area contributed by atoms with Crippen molar-refractivity contribution in [2.75, 3.05) is 0 Å². The van der Waals surface area contributed by atoms with E-state index in [1.807, 2.05) is 0 Å². The maximum Gasteiger partial charge on any atom is 0.573 e. The van der Waals surface area contributed by atoms with Crippen LogP contribution in [0.3, 0.4) is 0 Å². The summed E-state index contributed by atoms with van der Waals surface area (Å²) in [6.07, 6.45) is -8.04. The van der Waals surface area contributed by atoms with E-state index in [9.17, 15) is 26.7 Å². The topological polar surface area (TPSA) is 39.2 Å². The summed E-state index contributed by atoms with van der Waals surface area (Å²) in [5.41, 5.74) is -2.65. The third kappa shape index (κ3) is 3.90. The van der Waals surface area contributed by atoms with Gasteiger partial charge in [0.15, 0.2) is 5.75 Å². The van der Waals surface area contributed by atoms with Crippen molar-refractivity contribution in [3.05, 3.63) is 23.0 Å². The number of carbonyl (C=O) groups is 1. The molecule has 0 spiro atoms. The van der Waals surface area contributed by atoms with Gasteiger partial charge in [-0.1, -0.05) is 0 Å². The summed E-state index contributed by atoms with van der Waals surface area (Å²) in [6.45, 7) is 0. The second kappa shape index (κ2) is 5.87. The molecular formula is C9H4Cl2F5NO2. The summed E-state index contributed by atoms with van der Waals surface area (Å²) in [7, 11) is 0. The van der Waals surface area contributed by atoms with Crippen LogP contribution in [0.2, 0.25) is 0 Å². The highest BCUT2D eigenvalue weighted by molar-refractivity contribution is 6.68. The van der Waals surface area contributed by atoms with Crippen LogP contribution in [0.15, 0.2) is 6.20 Å². The fraction of sp³-hybridized carbons (Fsp3) is 0.333. The van der Waals surface area contributed by atoms with Crippen LogP contribution in [0.25, 0.3) is 0 Å². The quantitative estimate of drug-likeness (QED) is 0.477. The molecule has 0 radical (unpaired) electrons. The van der Waals surface area contributed by atoms with Gasteiger partial charge in [0.25, 0.3) is 11.7 Å². The number of alkyl halides is 6. The Morgan fingerprint density at radius 3 is 2.37 bits per heavy atom. The number of pyridine rings is 1. The van der Waals surface area contributed by atoms with Gasteiger partial charge in [0.2, 0.25) is 0 Å². The first-order valence-electron chi connectivity index (χ1n) is 4.48. The lowest BCUT2D eigenvalue weighted by Crippen LogP contribution is -2.21. The van der Waals surface area contributed by atoms with Gasteiger partial charge >= 0.3 is 6.36 Å². The van der Waals surface area contributed by atoms with E-state index in [0.29, 0.717) is 6.20 Å². The number of carbonyl (C=O) groups excluding carboxylic acids is 1. The molecule has 3 nitrogen and oxygen atoms in total. The molecule has 1 heterocycles. The van der Waals surface area contributed by atoms with Gasteiger partial charge in [-0.15, -0.1) is 24.8 Å². The standard InChI is InChI=1S/C9H4Cl2F5NO2/c10-1-4-5(8(12)13)6(19-9(14,15)16)3(2-17-4)7(11)18/h2,8H,1H2. The molecule has 0 aliphatic rings. The fourth-order valence-corrected chi connectivity index (χ4v) is 1.59. The first-order chi connectivity index (χ1) is 8.67. The van der Waals surface area contributed by atoms with E-state index in [1.54, 1.807) is 0 Å². The number of halogens is 7. The third-order valence-corrected chi connectivity index (χ3v) is 2.38. The zero-order chi connectivity index (χ0) is 14.8. The minimum Gasteiger partial charge on any atom is -0.404 e. The van der Waals surface area contributed by atoms with Crippen molar-refractivity contribution < 1.29 is 31.5 Å². The second-order valence-electron chi connectivity index (χ2n) is 3.12. The average Bonchev–Trinajstić information content (AvgIpc) is 2.25. The van der Waals surface area contributed by atoms with Crippen molar-refractivity contribution in [1.29, 1.82) is 0 Å². The lowest BCUT2D eigenvalue weighted by Gasteiger charge is -2.16. The minimum absolute atomic E-state index is 0.530. The fourth-order valence-electron chi connectivity index (χ4n) is 1.24. The van der Waals surface area contributed by atoms with Gasteiger partial charge in [-0.3, -0.25) is 9.78 Å². The Kier molecular flexibility index (Phi) is 4.92. The van der Waals surface area contributed by atoms with Crippen LogP contribution in [-0.2, 0) is 5.88 Å². The lowest BCUT2D eigenvalue weighted by molar-refractivity contribution is -0.275. The first-order valence-corrected chi connectivity index (χ1v) is 5.40. The molecule has 106 valence electrons. The molecule has 0 saturated carbocycles. The van der Waals surface area contributed by atoms with Crippen LogP contribution in [0, 0.1) is 0 Å². The van der Waals surface area contributed by atoms with E-state index in [2.05, 4.69) is 9.72 Å². The zero-order valence-corrected chi connectivity index (χ0v) is 10.3. The van der Waals surface area contributed by atoms with Crippen molar-refractivity contribution in [1.82, 2.24) is 4.98 Å². The molecule has 0 fully saturated rings.